The average molecular weight is 453 g/mol. The smallest absolute Gasteiger partial charge is 0.423 e. The van der Waals surface area contributed by atoms with Crippen LogP contribution in [0.2, 0.25) is 0 Å². The molecule has 0 aliphatic rings. The molecule has 4 aromatic rings. The molecule has 4 aromatic carbocycles. The highest BCUT2D eigenvalue weighted by atomic mass is 32.2. The van der Waals surface area contributed by atoms with Crippen molar-refractivity contribution in [2.45, 2.75) is 17.4 Å². The molecule has 0 spiro atoms. The minimum Gasteiger partial charge on any atom is -0.423 e. The topological polar surface area (TPSA) is 52.5 Å². The van der Waals surface area contributed by atoms with E-state index in [-0.39, 0.29) is 5.92 Å². The summed E-state index contributed by atoms with van der Waals surface area (Å²) in [6.07, 6.45) is 0. The molecule has 0 radical (unpaired) electrons. The van der Waals surface area contributed by atoms with Gasteiger partial charge in [0, 0.05) is 29.7 Å². The summed E-state index contributed by atoms with van der Waals surface area (Å²) in [4.78, 5) is 1.30. The van der Waals surface area contributed by atoms with Crippen molar-refractivity contribution in [1.29, 1.82) is 0 Å². The maximum atomic E-state index is 9.21. The van der Waals surface area contributed by atoms with Crippen LogP contribution in [0.4, 0.5) is 0 Å². The van der Waals surface area contributed by atoms with E-state index in [9.17, 15) is 10.0 Å². The second-order valence-corrected chi connectivity index (χ2v) is 9.07. The zero-order chi connectivity index (χ0) is 22.9. The first-order valence-corrected chi connectivity index (χ1v) is 12.2. The number of hydrogen-bond donors (Lipinski definition) is 3. The number of nitrogens with one attached hydrogen (secondary N) is 1. The van der Waals surface area contributed by atoms with Gasteiger partial charge in [-0.05, 0) is 33.8 Å². The fraction of sp³-hybridized carbons (Fsp3) is 0.143. The molecule has 0 amide bonds. The minimum absolute atomic E-state index is 0.199. The van der Waals surface area contributed by atoms with Crippen LogP contribution in [0.25, 0.3) is 0 Å². The van der Waals surface area contributed by atoms with Crippen LogP contribution in [-0.2, 0) is 6.54 Å². The zero-order valence-corrected chi connectivity index (χ0v) is 19.3. The Labute approximate surface area is 200 Å². The highest BCUT2D eigenvalue weighted by molar-refractivity contribution is 7.99. The molecular formula is C28H28BNO2S. The monoisotopic (exact) mass is 453 g/mol. The second kappa shape index (κ2) is 11.9. The van der Waals surface area contributed by atoms with E-state index in [0.717, 1.165) is 24.4 Å². The molecule has 4 rings (SSSR count). The van der Waals surface area contributed by atoms with Crippen LogP contribution in [0.1, 0.15) is 28.2 Å². The minimum atomic E-state index is -1.42. The van der Waals surface area contributed by atoms with E-state index in [0.29, 0.717) is 5.46 Å². The highest BCUT2D eigenvalue weighted by Crippen LogP contribution is 2.37. The first-order chi connectivity index (χ1) is 16.2. The normalized spacial score (nSPS) is 11.0. The van der Waals surface area contributed by atoms with E-state index in [2.05, 4.69) is 90.2 Å². The van der Waals surface area contributed by atoms with Crippen LogP contribution in [0.3, 0.4) is 0 Å². The third-order valence-electron chi connectivity index (χ3n) is 5.64. The van der Waals surface area contributed by atoms with Crippen molar-refractivity contribution in [1.82, 2.24) is 5.32 Å². The van der Waals surface area contributed by atoms with Gasteiger partial charge in [0.25, 0.3) is 0 Å². The molecule has 3 nitrogen and oxygen atoms in total. The number of rotatable bonds is 10. The molecule has 0 aliphatic carbocycles. The molecule has 0 aromatic heterocycles. The Morgan fingerprint density at radius 1 is 0.697 bits per heavy atom. The molecular weight excluding hydrogens is 425 g/mol. The van der Waals surface area contributed by atoms with Gasteiger partial charge in [-0.1, -0.05) is 103 Å². The Balaban J connectivity index is 1.42. The van der Waals surface area contributed by atoms with Crippen molar-refractivity contribution >= 4 is 24.3 Å². The average Bonchev–Trinajstić information content (AvgIpc) is 2.86. The van der Waals surface area contributed by atoms with Crippen molar-refractivity contribution in [3.8, 4) is 0 Å². The Kier molecular flexibility index (Phi) is 8.39. The SMILES string of the molecule is OB(O)c1ccc(CNCCSc2ccccc2C(c2ccccc2)c2ccccc2)cc1. The maximum absolute atomic E-state index is 9.21. The molecule has 0 saturated heterocycles. The Hall–Kier alpha value is -2.83. The Bertz CT molecular complexity index is 1080. The molecule has 0 heterocycles. The van der Waals surface area contributed by atoms with Crippen molar-refractivity contribution in [3.63, 3.8) is 0 Å². The standard InChI is InChI=1S/C28H28BNO2S/c31-29(32)25-17-15-22(16-18-25)21-30-19-20-33-27-14-8-7-13-26(27)28(23-9-3-1-4-10-23)24-11-5-2-6-12-24/h1-18,28,30-32H,19-21H2. The molecule has 0 bridgehead atoms. The molecule has 0 atom stereocenters. The first-order valence-electron chi connectivity index (χ1n) is 11.2. The van der Waals surface area contributed by atoms with Crippen LogP contribution in [0, 0.1) is 0 Å². The van der Waals surface area contributed by atoms with E-state index in [1.54, 1.807) is 12.1 Å². The van der Waals surface area contributed by atoms with Crippen molar-refractivity contribution in [2.24, 2.45) is 0 Å². The van der Waals surface area contributed by atoms with Crippen LogP contribution < -0.4 is 10.8 Å². The Morgan fingerprint density at radius 2 is 1.27 bits per heavy atom. The molecule has 3 N–H and O–H groups in total. The van der Waals surface area contributed by atoms with Gasteiger partial charge in [-0.15, -0.1) is 11.8 Å². The zero-order valence-electron chi connectivity index (χ0n) is 18.5. The van der Waals surface area contributed by atoms with E-state index in [1.807, 2.05) is 23.9 Å². The van der Waals surface area contributed by atoms with Gasteiger partial charge in [0.05, 0.1) is 0 Å². The van der Waals surface area contributed by atoms with E-state index >= 15 is 0 Å². The summed E-state index contributed by atoms with van der Waals surface area (Å²) < 4.78 is 0. The summed E-state index contributed by atoms with van der Waals surface area (Å²) in [5.41, 5.74) is 5.56. The van der Waals surface area contributed by atoms with Crippen LogP contribution in [0.15, 0.2) is 114 Å². The largest absolute Gasteiger partial charge is 0.488 e. The molecule has 166 valence electrons. The summed E-state index contributed by atoms with van der Waals surface area (Å²) in [5.74, 6) is 1.16. The van der Waals surface area contributed by atoms with Gasteiger partial charge in [-0.25, -0.2) is 0 Å². The molecule has 5 heteroatoms. The summed E-state index contributed by atoms with van der Waals surface area (Å²) in [5, 5.41) is 21.9. The van der Waals surface area contributed by atoms with Gasteiger partial charge in [0.15, 0.2) is 0 Å². The first kappa shape index (κ1) is 23.3. The van der Waals surface area contributed by atoms with Gasteiger partial charge in [-0.2, -0.15) is 0 Å². The lowest BCUT2D eigenvalue weighted by Crippen LogP contribution is -2.29. The van der Waals surface area contributed by atoms with Gasteiger partial charge >= 0.3 is 7.12 Å². The van der Waals surface area contributed by atoms with Crippen LogP contribution in [-0.4, -0.2) is 29.5 Å². The molecule has 0 saturated carbocycles. The molecule has 33 heavy (non-hydrogen) atoms. The summed E-state index contributed by atoms with van der Waals surface area (Å²) in [6, 6.07) is 37.5. The van der Waals surface area contributed by atoms with Crippen molar-refractivity contribution in [3.05, 3.63) is 131 Å². The highest BCUT2D eigenvalue weighted by Gasteiger charge is 2.19. The van der Waals surface area contributed by atoms with Gasteiger partial charge in [-0.3, -0.25) is 0 Å². The third-order valence-corrected chi connectivity index (χ3v) is 6.73. The lowest BCUT2D eigenvalue weighted by atomic mass is 9.80. The Morgan fingerprint density at radius 3 is 1.88 bits per heavy atom. The van der Waals surface area contributed by atoms with Gasteiger partial charge < -0.3 is 15.4 Å². The summed E-state index contributed by atoms with van der Waals surface area (Å²) in [7, 11) is -1.42. The third kappa shape index (κ3) is 6.37. The predicted molar refractivity (Wildman–Crippen MR) is 139 cm³/mol. The predicted octanol–water partition coefficient (Wildman–Crippen LogP) is 4.43. The fourth-order valence-corrected chi connectivity index (χ4v) is 4.96. The lowest BCUT2D eigenvalue weighted by Gasteiger charge is -2.21. The lowest BCUT2D eigenvalue weighted by molar-refractivity contribution is 0.426. The summed E-state index contributed by atoms with van der Waals surface area (Å²) in [6.45, 7) is 1.63. The molecule has 0 fully saturated rings. The number of benzene rings is 4. The van der Waals surface area contributed by atoms with Crippen molar-refractivity contribution in [2.75, 3.05) is 12.3 Å². The summed E-state index contributed by atoms with van der Waals surface area (Å²) >= 11 is 1.88. The van der Waals surface area contributed by atoms with Crippen LogP contribution in [0.5, 0.6) is 0 Å². The molecule has 0 unspecified atom stereocenters. The number of hydrogen-bond acceptors (Lipinski definition) is 4. The van der Waals surface area contributed by atoms with E-state index in [4.69, 9.17) is 0 Å². The number of thioether (sulfide) groups is 1. The van der Waals surface area contributed by atoms with Crippen LogP contribution >= 0.6 is 11.8 Å². The van der Waals surface area contributed by atoms with E-state index in [1.165, 1.54) is 21.6 Å². The second-order valence-electron chi connectivity index (χ2n) is 7.93. The van der Waals surface area contributed by atoms with Gasteiger partial charge in [0.1, 0.15) is 0 Å². The van der Waals surface area contributed by atoms with E-state index < -0.39 is 7.12 Å². The molecule has 0 aliphatic heterocycles. The van der Waals surface area contributed by atoms with Crippen molar-refractivity contribution < 1.29 is 10.0 Å². The fourth-order valence-electron chi connectivity index (χ4n) is 3.97. The van der Waals surface area contributed by atoms with Gasteiger partial charge in [0.2, 0.25) is 0 Å². The quantitative estimate of drug-likeness (QED) is 0.144. The maximum Gasteiger partial charge on any atom is 0.488 e.